The van der Waals surface area contributed by atoms with Gasteiger partial charge < -0.3 is 15.1 Å². The molecular formula is C15H23ClFN3O. The van der Waals surface area contributed by atoms with Gasteiger partial charge in [0, 0.05) is 24.7 Å². The van der Waals surface area contributed by atoms with Crippen LogP contribution in [-0.2, 0) is 0 Å². The number of urea groups is 1. The average molecular weight is 316 g/mol. The molecule has 0 aliphatic rings. The van der Waals surface area contributed by atoms with Crippen LogP contribution in [-0.4, -0.2) is 49.6 Å². The van der Waals surface area contributed by atoms with Crippen LogP contribution in [0.1, 0.15) is 13.8 Å². The predicted octanol–water partition coefficient (Wildman–Crippen LogP) is 3.53. The zero-order valence-electron chi connectivity index (χ0n) is 13.0. The molecule has 0 atom stereocenters. The van der Waals surface area contributed by atoms with Crippen molar-refractivity contribution in [2.45, 2.75) is 13.8 Å². The third-order valence-corrected chi connectivity index (χ3v) is 3.09. The number of anilines is 1. The van der Waals surface area contributed by atoms with E-state index in [1.807, 2.05) is 32.8 Å². The maximum Gasteiger partial charge on any atom is 0.321 e. The summed E-state index contributed by atoms with van der Waals surface area (Å²) < 4.78 is 13.7. The molecule has 0 aliphatic heterocycles. The van der Waals surface area contributed by atoms with Crippen LogP contribution in [0.5, 0.6) is 0 Å². The Labute approximate surface area is 130 Å². The lowest BCUT2D eigenvalue weighted by molar-refractivity contribution is 0.197. The van der Waals surface area contributed by atoms with Gasteiger partial charge in [-0.3, -0.25) is 0 Å². The molecule has 0 aliphatic carbocycles. The molecule has 0 saturated heterocycles. The number of carbonyl (C=O) groups excluding carboxylic acids is 1. The molecule has 0 saturated carbocycles. The standard InChI is InChI=1S/C15H23ClFN3O/c1-11(2)10-20(8-7-19(3)4)15(21)18-14-9-12(16)5-6-13(14)17/h5-6,9,11H,7-8,10H2,1-4H3,(H,18,21). The second-order valence-corrected chi connectivity index (χ2v) is 6.13. The van der Waals surface area contributed by atoms with Gasteiger partial charge in [-0.15, -0.1) is 0 Å². The number of benzene rings is 1. The largest absolute Gasteiger partial charge is 0.323 e. The molecule has 1 rings (SSSR count). The number of rotatable bonds is 6. The second-order valence-electron chi connectivity index (χ2n) is 5.70. The molecule has 6 heteroatoms. The van der Waals surface area contributed by atoms with Gasteiger partial charge >= 0.3 is 6.03 Å². The van der Waals surface area contributed by atoms with E-state index in [0.29, 0.717) is 24.0 Å². The highest BCUT2D eigenvalue weighted by Gasteiger charge is 2.16. The summed E-state index contributed by atoms with van der Waals surface area (Å²) in [6.45, 7) is 6.02. The Morgan fingerprint density at radius 2 is 2.00 bits per heavy atom. The van der Waals surface area contributed by atoms with Crippen LogP contribution >= 0.6 is 11.6 Å². The van der Waals surface area contributed by atoms with Crippen LogP contribution in [0.4, 0.5) is 14.9 Å². The number of hydrogen-bond donors (Lipinski definition) is 1. The molecule has 4 nitrogen and oxygen atoms in total. The van der Waals surface area contributed by atoms with Crippen molar-refractivity contribution in [2.24, 2.45) is 5.92 Å². The summed E-state index contributed by atoms with van der Waals surface area (Å²) in [7, 11) is 3.89. The Kier molecular flexibility index (Phi) is 6.92. The van der Waals surface area contributed by atoms with E-state index in [4.69, 9.17) is 11.6 Å². The molecule has 1 aromatic rings. The lowest BCUT2D eigenvalue weighted by Gasteiger charge is -2.26. The van der Waals surface area contributed by atoms with Crippen LogP contribution < -0.4 is 5.32 Å². The van der Waals surface area contributed by atoms with Crippen LogP contribution in [0.2, 0.25) is 5.02 Å². The van der Waals surface area contributed by atoms with E-state index in [2.05, 4.69) is 5.32 Å². The fourth-order valence-corrected chi connectivity index (χ4v) is 2.00. The Bertz CT molecular complexity index is 480. The molecule has 0 fully saturated rings. The van der Waals surface area contributed by atoms with Gasteiger partial charge in [-0.1, -0.05) is 25.4 Å². The van der Waals surface area contributed by atoms with Crippen molar-refractivity contribution in [2.75, 3.05) is 39.0 Å². The predicted molar refractivity (Wildman–Crippen MR) is 85.4 cm³/mol. The van der Waals surface area contributed by atoms with Crippen LogP contribution in [0.15, 0.2) is 18.2 Å². The normalized spacial score (nSPS) is 11.0. The molecule has 0 aromatic heterocycles. The van der Waals surface area contributed by atoms with Crippen LogP contribution in [0, 0.1) is 11.7 Å². The number of halogens is 2. The topological polar surface area (TPSA) is 35.6 Å². The highest BCUT2D eigenvalue weighted by Crippen LogP contribution is 2.20. The smallest absolute Gasteiger partial charge is 0.321 e. The Hall–Kier alpha value is -1.33. The molecule has 0 radical (unpaired) electrons. The lowest BCUT2D eigenvalue weighted by Crippen LogP contribution is -2.41. The first kappa shape index (κ1) is 17.7. The summed E-state index contributed by atoms with van der Waals surface area (Å²) in [5.74, 6) is -0.160. The fourth-order valence-electron chi connectivity index (χ4n) is 1.82. The van der Waals surface area contributed by atoms with Gasteiger partial charge in [-0.25, -0.2) is 9.18 Å². The van der Waals surface area contributed by atoms with Crippen molar-refractivity contribution in [3.8, 4) is 0 Å². The number of amides is 2. The molecule has 1 N–H and O–H groups in total. The summed E-state index contributed by atoms with van der Waals surface area (Å²) in [6.07, 6.45) is 0. The van der Waals surface area contributed by atoms with E-state index in [1.54, 1.807) is 4.90 Å². The number of likely N-dealkylation sites (N-methyl/N-ethyl adjacent to an activating group) is 1. The van der Waals surface area contributed by atoms with Gasteiger partial charge in [0.1, 0.15) is 5.82 Å². The van der Waals surface area contributed by atoms with Crippen molar-refractivity contribution < 1.29 is 9.18 Å². The van der Waals surface area contributed by atoms with Crippen molar-refractivity contribution in [1.82, 2.24) is 9.80 Å². The Morgan fingerprint density at radius 3 is 2.57 bits per heavy atom. The SMILES string of the molecule is CC(C)CN(CCN(C)C)C(=O)Nc1cc(Cl)ccc1F. The number of nitrogens with zero attached hydrogens (tertiary/aromatic N) is 2. The highest BCUT2D eigenvalue weighted by atomic mass is 35.5. The summed E-state index contributed by atoms with van der Waals surface area (Å²) in [4.78, 5) is 16.0. The minimum Gasteiger partial charge on any atom is -0.323 e. The summed E-state index contributed by atoms with van der Waals surface area (Å²) in [6, 6.07) is 3.79. The van der Waals surface area contributed by atoms with Crippen LogP contribution in [0.3, 0.4) is 0 Å². The first-order valence-corrected chi connectivity index (χ1v) is 7.33. The maximum atomic E-state index is 13.7. The third kappa shape index (κ3) is 6.31. The number of nitrogens with one attached hydrogen (secondary N) is 1. The van der Waals surface area contributed by atoms with Gasteiger partial charge in [0.15, 0.2) is 0 Å². The summed E-state index contributed by atoms with van der Waals surface area (Å²) in [5, 5.41) is 2.97. The minimum absolute atomic E-state index is 0.103. The average Bonchev–Trinajstić information content (AvgIpc) is 2.38. The molecule has 0 spiro atoms. The molecule has 0 heterocycles. The quantitative estimate of drug-likeness (QED) is 0.871. The van der Waals surface area contributed by atoms with E-state index < -0.39 is 5.82 Å². The maximum absolute atomic E-state index is 13.7. The third-order valence-electron chi connectivity index (χ3n) is 2.86. The van der Waals surface area contributed by atoms with E-state index >= 15 is 0 Å². The fraction of sp³-hybridized carbons (Fsp3) is 0.533. The van der Waals surface area contributed by atoms with Crippen molar-refractivity contribution in [3.05, 3.63) is 29.0 Å². The molecule has 0 unspecified atom stereocenters. The van der Waals surface area contributed by atoms with E-state index in [1.165, 1.54) is 18.2 Å². The van der Waals surface area contributed by atoms with Crippen molar-refractivity contribution in [3.63, 3.8) is 0 Å². The molecule has 2 amide bonds. The molecule has 118 valence electrons. The van der Waals surface area contributed by atoms with E-state index in [-0.39, 0.29) is 11.7 Å². The van der Waals surface area contributed by atoms with Gasteiger partial charge in [0.2, 0.25) is 0 Å². The first-order chi connectivity index (χ1) is 9.79. The zero-order valence-corrected chi connectivity index (χ0v) is 13.7. The molecular weight excluding hydrogens is 293 g/mol. The number of carbonyl (C=O) groups is 1. The van der Waals surface area contributed by atoms with Crippen LogP contribution in [0.25, 0.3) is 0 Å². The Balaban J connectivity index is 2.77. The summed E-state index contributed by atoms with van der Waals surface area (Å²) >= 11 is 5.83. The minimum atomic E-state index is -0.496. The second kappa shape index (κ2) is 8.20. The van der Waals surface area contributed by atoms with Gasteiger partial charge in [0.05, 0.1) is 5.69 Å². The summed E-state index contributed by atoms with van der Waals surface area (Å²) in [5.41, 5.74) is 0.103. The lowest BCUT2D eigenvalue weighted by atomic mass is 10.2. The molecule has 0 bridgehead atoms. The van der Waals surface area contributed by atoms with Gasteiger partial charge in [0.25, 0.3) is 0 Å². The highest BCUT2D eigenvalue weighted by molar-refractivity contribution is 6.30. The molecule has 1 aromatic carbocycles. The van der Waals surface area contributed by atoms with Gasteiger partial charge in [-0.05, 0) is 38.2 Å². The van der Waals surface area contributed by atoms with Crippen molar-refractivity contribution in [1.29, 1.82) is 0 Å². The van der Waals surface area contributed by atoms with Gasteiger partial charge in [-0.2, -0.15) is 0 Å². The Morgan fingerprint density at radius 1 is 1.33 bits per heavy atom. The zero-order chi connectivity index (χ0) is 16.0. The number of hydrogen-bond acceptors (Lipinski definition) is 2. The van der Waals surface area contributed by atoms with E-state index in [9.17, 15) is 9.18 Å². The first-order valence-electron chi connectivity index (χ1n) is 6.95. The monoisotopic (exact) mass is 315 g/mol. The molecule has 21 heavy (non-hydrogen) atoms. The van der Waals surface area contributed by atoms with Crippen molar-refractivity contribution >= 4 is 23.3 Å². The van der Waals surface area contributed by atoms with E-state index in [0.717, 1.165) is 6.54 Å².